The molecule has 0 bridgehead atoms. The van der Waals surface area contributed by atoms with Crippen LogP contribution in [0.4, 0.5) is 5.69 Å². The summed E-state index contributed by atoms with van der Waals surface area (Å²) in [6.45, 7) is 0. The van der Waals surface area contributed by atoms with Crippen molar-refractivity contribution in [2.24, 2.45) is 0 Å². The Kier molecular flexibility index (Phi) is 3.91. The number of nitro groups is 1. The monoisotopic (exact) mass is 360 g/mol. The van der Waals surface area contributed by atoms with Crippen LogP contribution >= 0.6 is 15.9 Å². The SMILES string of the molecule is O=C(NC1C=CS(=O)(=O)C1)c1cccc([N+](=O)[O-])c1Br. The van der Waals surface area contributed by atoms with Crippen LogP contribution in [0.2, 0.25) is 0 Å². The molecule has 1 unspecified atom stereocenters. The van der Waals surface area contributed by atoms with Crippen LogP contribution in [0, 0.1) is 10.1 Å². The second kappa shape index (κ2) is 5.33. The van der Waals surface area contributed by atoms with Crippen LogP contribution in [0.5, 0.6) is 0 Å². The molecule has 106 valence electrons. The number of carbonyl (C=O) groups excluding carboxylic acids is 1. The lowest BCUT2D eigenvalue weighted by Gasteiger charge is -2.11. The van der Waals surface area contributed by atoms with Gasteiger partial charge in [-0.25, -0.2) is 8.42 Å². The highest BCUT2D eigenvalue weighted by molar-refractivity contribution is 9.10. The van der Waals surface area contributed by atoms with E-state index in [0.29, 0.717) is 0 Å². The molecular formula is C11H9BrN2O5S. The van der Waals surface area contributed by atoms with Crippen LogP contribution in [0.3, 0.4) is 0 Å². The number of nitrogens with one attached hydrogen (secondary N) is 1. The van der Waals surface area contributed by atoms with Gasteiger partial charge in [-0.3, -0.25) is 14.9 Å². The molecule has 0 radical (unpaired) electrons. The molecule has 1 N–H and O–H groups in total. The maximum atomic E-state index is 12.0. The van der Waals surface area contributed by atoms with E-state index in [1.165, 1.54) is 24.3 Å². The van der Waals surface area contributed by atoms with Crippen molar-refractivity contribution in [3.63, 3.8) is 0 Å². The maximum absolute atomic E-state index is 12.0. The Morgan fingerprint density at radius 1 is 1.45 bits per heavy atom. The van der Waals surface area contributed by atoms with Crippen molar-refractivity contribution >= 4 is 37.4 Å². The summed E-state index contributed by atoms with van der Waals surface area (Å²) >= 11 is 3.02. The van der Waals surface area contributed by atoms with Crippen LogP contribution in [0.1, 0.15) is 10.4 Å². The minimum Gasteiger partial charge on any atom is -0.345 e. The molecule has 1 aromatic rings. The van der Waals surface area contributed by atoms with Crippen LogP contribution in [0.15, 0.2) is 34.2 Å². The third-order valence-electron chi connectivity index (χ3n) is 2.67. The first-order valence-corrected chi connectivity index (χ1v) is 7.96. The maximum Gasteiger partial charge on any atom is 0.284 e. The number of nitrogens with zero attached hydrogens (tertiary/aromatic N) is 1. The molecule has 1 aromatic carbocycles. The molecular weight excluding hydrogens is 352 g/mol. The van der Waals surface area contributed by atoms with E-state index in [1.807, 2.05) is 0 Å². The summed E-state index contributed by atoms with van der Waals surface area (Å²) < 4.78 is 22.5. The van der Waals surface area contributed by atoms with Crippen LogP contribution < -0.4 is 5.32 Å². The van der Waals surface area contributed by atoms with Gasteiger partial charge in [0.2, 0.25) is 0 Å². The van der Waals surface area contributed by atoms with Gasteiger partial charge in [-0.05, 0) is 28.1 Å². The summed E-state index contributed by atoms with van der Waals surface area (Å²) in [5.74, 6) is -0.780. The highest BCUT2D eigenvalue weighted by Crippen LogP contribution is 2.28. The van der Waals surface area contributed by atoms with Gasteiger partial charge in [0.1, 0.15) is 4.47 Å². The van der Waals surface area contributed by atoms with Gasteiger partial charge in [0, 0.05) is 11.5 Å². The molecule has 0 aliphatic carbocycles. The first kappa shape index (κ1) is 14.7. The Hall–Kier alpha value is -1.74. The highest BCUT2D eigenvalue weighted by Gasteiger charge is 2.25. The molecule has 0 aromatic heterocycles. The van der Waals surface area contributed by atoms with Crippen molar-refractivity contribution in [3.05, 3.63) is 49.8 Å². The molecule has 0 saturated carbocycles. The fraction of sp³-hybridized carbons (Fsp3) is 0.182. The van der Waals surface area contributed by atoms with Gasteiger partial charge in [0.15, 0.2) is 9.84 Å². The van der Waals surface area contributed by atoms with Crippen LogP contribution in [-0.2, 0) is 9.84 Å². The third-order valence-corrected chi connectivity index (χ3v) is 4.90. The minimum atomic E-state index is -3.27. The summed E-state index contributed by atoms with van der Waals surface area (Å²) in [4.78, 5) is 22.2. The van der Waals surface area contributed by atoms with Gasteiger partial charge >= 0.3 is 0 Å². The summed E-state index contributed by atoms with van der Waals surface area (Å²) in [6.07, 6.45) is 1.37. The molecule has 1 atom stereocenters. The minimum absolute atomic E-state index is 0.0623. The normalized spacial score (nSPS) is 19.8. The lowest BCUT2D eigenvalue weighted by atomic mass is 10.2. The Balaban J connectivity index is 2.21. The second-order valence-electron chi connectivity index (χ2n) is 4.13. The number of benzene rings is 1. The van der Waals surface area contributed by atoms with Crippen molar-refractivity contribution < 1.29 is 18.1 Å². The number of nitro benzene ring substituents is 1. The summed E-state index contributed by atoms with van der Waals surface area (Å²) in [5, 5.41) is 14.3. The number of hydrogen-bond donors (Lipinski definition) is 1. The fourth-order valence-corrected chi connectivity index (χ4v) is 3.57. The number of halogens is 1. The van der Waals surface area contributed by atoms with Gasteiger partial charge in [0.25, 0.3) is 11.6 Å². The van der Waals surface area contributed by atoms with E-state index in [9.17, 15) is 23.3 Å². The Bertz CT molecular complexity index is 714. The van der Waals surface area contributed by atoms with E-state index >= 15 is 0 Å². The summed E-state index contributed by atoms with van der Waals surface area (Å²) in [6, 6.07) is 3.44. The van der Waals surface area contributed by atoms with Crippen LogP contribution in [-0.4, -0.2) is 31.0 Å². The third kappa shape index (κ3) is 3.05. The van der Waals surface area contributed by atoms with Gasteiger partial charge < -0.3 is 5.32 Å². The largest absolute Gasteiger partial charge is 0.345 e. The van der Waals surface area contributed by atoms with Crippen molar-refractivity contribution in [3.8, 4) is 0 Å². The molecule has 1 heterocycles. The lowest BCUT2D eigenvalue weighted by Crippen LogP contribution is -2.35. The first-order valence-electron chi connectivity index (χ1n) is 5.45. The second-order valence-corrected chi connectivity index (χ2v) is 6.86. The standard InChI is InChI=1S/C11H9BrN2O5S/c12-10-8(2-1-3-9(10)14(16)17)11(15)13-7-4-5-20(18,19)6-7/h1-5,7H,6H2,(H,13,15). The Morgan fingerprint density at radius 3 is 2.70 bits per heavy atom. The van der Waals surface area contributed by atoms with Crippen molar-refractivity contribution in [1.29, 1.82) is 0 Å². The zero-order chi connectivity index (χ0) is 14.9. The Labute approximate surface area is 122 Å². The van der Waals surface area contributed by atoms with E-state index < -0.39 is 26.7 Å². The number of rotatable bonds is 3. The molecule has 0 saturated heterocycles. The van der Waals surface area contributed by atoms with E-state index in [1.54, 1.807) is 0 Å². The lowest BCUT2D eigenvalue weighted by molar-refractivity contribution is -0.385. The highest BCUT2D eigenvalue weighted by atomic mass is 79.9. The predicted octanol–water partition coefficient (Wildman–Crippen LogP) is 1.40. The topological polar surface area (TPSA) is 106 Å². The first-order chi connectivity index (χ1) is 9.30. The van der Waals surface area contributed by atoms with Crippen molar-refractivity contribution in [2.75, 3.05) is 5.75 Å². The quantitative estimate of drug-likeness (QED) is 0.647. The number of amides is 1. The van der Waals surface area contributed by atoms with Crippen LogP contribution in [0.25, 0.3) is 0 Å². The van der Waals surface area contributed by atoms with Gasteiger partial charge in [-0.2, -0.15) is 0 Å². The van der Waals surface area contributed by atoms with Crippen molar-refractivity contribution in [2.45, 2.75) is 6.04 Å². The molecule has 20 heavy (non-hydrogen) atoms. The van der Waals surface area contributed by atoms with Gasteiger partial charge in [-0.1, -0.05) is 6.07 Å². The van der Waals surface area contributed by atoms with Gasteiger partial charge in [-0.15, -0.1) is 0 Å². The molecule has 2 rings (SSSR count). The number of hydrogen-bond acceptors (Lipinski definition) is 5. The molecule has 1 amide bonds. The summed E-state index contributed by atoms with van der Waals surface area (Å²) in [5.41, 5.74) is -0.149. The molecule has 9 heteroatoms. The van der Waals surface area contributed by atoms with E-state index in [-0.39, 0.29) is 21.5 Å². The zero-order valence-electron chi connectivity index (χ0n) is 9.95. The number of carbonyl (C=O) groups is 1. The molecule has 7 nitrogen and oxygen atoms in total. The Morgan fingerprint density at radius 2 is 2.15 bits per heavy atom. The van der Waals surface area contributed by atoms with E-state index in [4.69, 9.17) is 0 Å². The van der Waals surface area contributed by atoms with E-state index in [0.717, 1.165) is 5.41 Å². The molecule has 1 aliphatic rings. The molecule has 0 fully saturated rings. The van der Waals surface area contributed by atoms with Crippen molar-refractivity contribution in [1.82, 2.24) is 5.32 Å². The smallest absolute Gasteiger partial charge is 0.284 e. The summed E-state index contributed by atoms with van der Waals surface area (Å²) in [7, 11) is -3.27. The number of sulfone groups is 1. The molecule has 1 aliphatic heterocycles. The average molecular weight is 361 g/mol. The van der Waals surface area contributed by atoms with Gasteiger partial charge in [0.05, 0.1) is 22.3 Å². The zero-order valence-corrected chi connectivity index (χ0v) is 12.3. The fourth-order valence-electron chi connectivity index (χ4n) is 1.75. The predicted molar refractivity (Wildman–Crippen MR) is 75.0 cm³/mol. The molecule has 0 spiro atoms. The van der Waals surface area contributed by atoms with E-state index in [2.05, 4.69) is 21.2 Å². The average Bonchev–Trinajstić information content (AvgIpc) is 2.68.